The normalized spacial score (nSPS) is 11.7. The highest BCUT2D eigenvalue weighted by atomic mass is 28.4. The van der Waals surface area contributed by atoms with Crippen molar-refractivity contribution >= 4 is 26.6 Å². The van der Waals surface area contributed by atoms with E-state index < -0.39 is 8.80 Å². The summed E-state index contributed by atoms with van der Waals surface area (Å²) in [6.45, 7) is 8.76. The fourth-order valence-corrected chi connectivity index (χ4v) is 5.90. The predicted octanol–water partition coefficient (Wildman–Crippen LogP) is 3.62. The van der Waals surface area contributed by atoms with E-state index in [9.17, 15) is 0 Å². The van der Waals surface area contributed by atoms with Crippen molar-refractivity contribution < 1.29 is 13.3 Å². The highest BCUT2D eigenvalue weighted by molar-refractivity contribution is 6.60. The van der Waals surface area contributed by atoms with Gasteiger partial charge in [0.25, 0.3) is 0 Å². The van der Waals surface area contributed by atoms with E-state index >= 15 is 0 Å². The molecule has 0 aromatic carbocycles. The molecule has 0 aliphatic carbocycles. The van der Waals surface area contributed by atoms with Gasteiger partial charge in [0.15, 0.2) is 0 Å². The molecule has 0 spiro atoms. The summed E-state index contributed by atoms with van der Waals surface area (Å²) in [4.78, 5) is 11.8. The van der Waals surface area contributed by atoms with E-state index in [1.54, 1.807) is 0 Å². The van der Waals surface area contributed by atoms with Gasteiger partial charge in [-0.2, -0.15) is 15.0 Å². The Bertz CT molecular complexity index is 515. The molecule has 10 heteroatoms. The second-order valence-corrected chi connectivity index (χ2v) is 9.59. The fourth-order valence-electron chi connectivity index (χ4n) is 3.22. The third kappa shape index (κ3) is 11.3. The summed E-state index contributed by atoms with van der Waals surface area (Å²) in [5, 5.41) is 3.14. The second kappa shape index (κ2) is 15.4. The topological polar surface area (TPSA) is 130 Å². The van der Waals surface area contributed by atoms with Gasteiger partial charge in [-0.3, -0.25) is 0 Å². The van der Waals surface area contributed by atoms with Crippen molar-refractivity contribution in [3.63, 3.8) is 0 Å². The molecule has 0 amide bonds. The fraction of sp³-hybridized carbons (Fsp3) is 0.842. The Balaban J connectivity index is 2.04. The summed E-state index contributed by atoms with van der Waals surface area (Å²) < 4.78 is 17.7. The van der Waals surface area contributed by atoms with Crippen LogP contribution in [0.1, 0.15) is 72.1 Å². The monoisotopic (exact) mass is 428 g/mol. The van der Waals surface area contributed by atoms with Gasteiger partial charge in [0.05, 0.1) is 0 Å². The number of unbranched alkanes of at least 4 members (excludes halogenated alkanes) is 7. The van der Waals surface area contributed by atoms with Crippen LogP contribution in [0.4, 0.5) is 17.8 Å². The van der Waals surface area contributed by atoms with Crippen LogP contribution in [-0.2, 0) is 13.3 Å². The highest BCUT2D eigenvalue weighted by Gasteiger charge is 2.39. The number of nitrogen functional groups attached to an aromatic ring is 2. The Morgan fingerprint density at radius 2 is 1.14 bits per heavy atom. The Hall–Kier alpha value is -1.49. The zero-order valence-corrected chi connectivity index (χ0v) is 19.4. The molecule has 0 saturated heterocycles. The SMILES string of the molecule is CCO[Si](CCCCCCCCCCNc1nc(N)nc(N)n1)(OCC)OCC. The van der Waals surface area contributed by atoms with Gasteiger partial charge in [-0.25, -0.2) is 0 Å². The average Bonchev–Trinajstić information content (AvgIpc) is 2.66. The van der Waals surface area contributed by atoms with Crippen LogP contribution in [0.25, 0.3) is 0 Å². The van der Waals surface area contributed by atoms with Crippen LogP contribution < -0.4 is 16.8 Å². The van der Waals surface area contributed by atoms with Crippen molar-refractivity contribution in [2.75, 3.05) is 43.1 Å². The lowest BCUT2D eigenvalue weighted by molar-refractivity contribution is 0.0706. The maximum absolute atomic E-state index is 5.90. The number of hydrogen-bond donors (Lipinski definition) is 3. The number of nitrogens with zero attached hydrogens (tertiary/aromatic N) is 3. The molecule has 29 heavy (non-hydrogen) atoms. The molecule has 0 saturated carbocycles. The average molecular weight is 429 g/mol. The number of hydrogen-bond acceptors (Lipinski definition) is 9. The van der Waals surface area contributed by atoms with Crippen LogP contribution in [0.15, 0.2) is 0 Å². The molecule has 0 radical (unpaired) electrons. The van der Waals surface area contributed by atoms with E-state index in [0.717, 1.165) is 25.4 Å². The Labute approximate surface area is 176 Å². The van der Waals surface area contributed by atoms with Gasteiger partial charge in [0.2, 0.25) is 17.8 Å². The minimum absolute atomic E-state index is 0.142. The van der Waals surface area contributed by atoms with Gasteiger partial charge >= 0.3 is 8.80 Å². The summed E-state index contributed by atoms with van der Waals surface area (Å²) in [5.74, 6) is 0.730. The van der Waals surface area contributed by atoms with Crippen LogP contribution in [0, 0.1) is 0 Å². The minimum Gasteiger partial charge on any atom is -0.374 e. The van der Waals surface area contributed by atoms with Crippen LogP contribution in [0.3, 0.4) is 0 Å². The molecule has 168 valence electrons. The largest absolute Gasteiger partial charge is 0.500 e. The smallest absolute Gasteiger partial charge is 0.374 e. The number of nitrogens with one attached hydrogen (secondary N) is 1. The molecular weight excluding hydrogens is 388 g/mol. The van der Waals surface area contributed by atoms with Crippen molar-refractivity contribution in [3.05, 3.63) is 0 Å². The Morgan fingerprint density at radius 1 is 0.690 bits per heavy atom. The van der Waals surface area contributed by atoms with E-state index in [-0.39, 0.29) is 11.9 Å². The molecule has 0 atom stereocenters. The van der Waals surface area contributed by atoms with Crippen molar-refractivity contribution in [3.8, 4) is 0 Å². The third-order valence-electron chi connectivity index (χ3n) is 4.46. The van der Waals surface area contributed by atoms with Crippen molar-refractivity contribution in [1.29, 1.82) is 0 Å². The van der Waals surface area contributed by atoms with Gasteiger partial charge in [0.1, 0.15) is 0 Å². The lowest BCUT2D eigenvalue weighted by atomic mass is 10.1. The lowest BCUT2D eigenvalue weighted by Crippen LogP contribution is -2.45. The van der Waals surface area contributed by atoms with E-state index in [2.05, 4.69) is 20.3 Å². The first-order valence-electron chi connectivity index (χ1n) is 11.0. The van der Waals surface area contributed by atoms with Crippen molar-refractivity contribution in [1.82, 2.24) is 15.0 Å². The van der Waals surface area contributed by atoms with E-state index in [4.69, 9.17) is 24.7 Å². The maximum atomic E-state index is 5.90. The zero-order valence-electron chi connectivity index (χ0n) is 18.4. The third-order valence-corrected chi connectivity index (χ3v) is 7.61. The molecule has 0 unspecified atom stereocenters. The first-order valence-corrected chi connectivity index (χ1v) is 12.9. The van der Waals surface area contributed by atoms with Gasteiger partial charge in [-0.05, 0) is 33.6 Å². The van der Waals surface area contributed by atoms with Gasteiger partial charge in [-0.1, -0.05) is 38.5 Å². The van der Waals surface area contributed by atoms with E-state index in [1.807, 2.05) is 20.8 Å². The number of aromatic nitrogens is 3. The molecule has 1 aromatic heterocycles. The Morgan fingerprint density at radius 3 is 1.62 bits per heavy atom. The van der Waals surface area contributed by atoms with Gasteiger partial charge in [-0.15, -0.1) is 0 Å². The summed E-state index contributed by atoms with van der Waals surface area (Å²) >= 11 is 0. The summed E-state index contributed by atoms with van der Waals surface area (Å²) in [7, 11) is -2.46. The second-order valence-electron chi connectivity index (χ2n) is 6.86. The van der Waals surface area contributed by atoms with E-state index in [1.165, 1.54) is 38.5 Å². The number of anilines is 3. The summed E-state index contributed by atoms with van der Waals surface area (Å²) in [6.07, 6.45) is 9.56. The summed E-state index contributed by atoms with van der Waals surface area (Å²) in [5.41, 5.74) is 11.1. The molecule has 0 bridgehead atoms. The summed E-state index contributed by atoms with van der Waals surface area (Å²) in [6, 6.07) is 0.917. The Kier molecular flexibility index (Phi) is 13.5. The van der Waals surface area contributed by atoms with Crippen LogP contribution in [0.5, 0.6) is 0 Å². The van der Waals surface area contributed by atoms with Gasteiger partial charge < -0.3 is 30.1 Å². The standard InChI is InChI=1S/C19H40N6O3Si/c1-4-26-29(27-5-2,28-6-3)16-14-12-10-8-7-9-11-13-15-22-19-24-17(20)23-18(21)25-19/h4-16H2,1-3H3,(H5,20,21,22,23,24,25). The van der Waals surface area contributed by atoms with E-state index in [0.29, 0.717) is 25.8 Å². The number of rotatable bonds is 18. The maximum Gasteiger partial charge on any atom is 0.500 e. The van der Waals surface area contributed by atoms with Crippen molar-refractivity contribution in [2.45, 2.75) is 78.2 Å². The molecule has 0 aliphatic heterocycles. The molecule has 0 aliphatic rings. The quantitative estimate of drug-likeness (QED) is 0.237. The first kappa shape index (κ1) is 25.5. The number of nitrogens with two attached hydrogens (primary N) is 2. The molecular formula is C19H40N6O3Si. The van der Waals surface area contributed by atoms with Crippen LogP contribution in [0.2, 0.25) is 6.04 Å². The predicted molar refractivity (Wildman–Crippen MR) is 120 cm³/mol. The minimum atomic E-state index is -2.46. The van der Waals surface area contributed by atoms with Crippen molar-refractivity contribution in [2.24, 2.45) is 0 Å². The van der Waals surface area contributed by atoms with Crippen LogP contribution in [-0.4, -0.2) is 50.1 Å². The molecule has 5 N–H and O–H groups in total. The lowest BCUT2D eigenvalue weighted by Gasteiger charge is -2.28. The molecule has 0 fully saturated rings. The molecule has 1 heterocycles. The molecule has 9 nitrogen and oxygen atoms in total. The molecule has 1 aromatic rings. The highest BCUT2D eigenvalue weighted by Crippen LogP contribution is 2.20. The zero-order chi connectivity index (χ0) is 21.4. The first-order chi connectivity index (χ1) is 14.0. The van der Waals surface area contributed by atoms with Gasteiger partial charge in [0, 0.05) is 32.4 Å². The van der Waals surface area contributed by atoms with Crippen LogP contribution >= 0.6 is 0 Å². The molecule has 1 rings (SSSR count).